The van der Waals surface area contributed by atoms with Crippen LogP contribution in [0.1, 0.15) is 24.8 Å². The van der Waals surface area contributed by atoms with E-state index in [9.17, 15) is 0 Å². The van der Waals surface area contributed by atoms with Crippen LogP contribution < -0.4 is 9.64 Å². The Morgan fingerprint density at radius 1 is 0.842 bits per heavy atom. The first kappa shape index (κ1) is 22.5. The molecule has 0 aliphatic carbocycles. The van der Waals surface area contributed by atoms with Gasteiger partial charge in [-0.15, -0.1) is 0 Å². The average molecular weight is 502 g/mol. The number of fused-ring (bicyclic) bond motifs is 2. The summed E-state index contributed by atoms with van der Waals surface area (Å²) in [5, 5.41) is 9.78. The van der Waals surface area contributed by atoms with Crippen LogP contribution in [0, 0.1) is 0 Å². The van der Waals surface area contributed by atoms with Gasteiger partial charge in [-0.05, 0) is 49.1 Å². The van der Waals surface area contributed by atoms with Crippen molar-refractivity contribution in [3.05, 3.63) is 84.9 Å². The number of nitrogens with zero attached hydrogens (tertiary/aromatic N) is 5. The summed E-state index contributed by atoms with van der Waals surface area (Å²) in [6.45, 7) is 2.59. The van der Waals surface area contributed by atoms with Crippen molar-refractivity contribution in [3.63, 3.8) is 0 Å². The number of hydrogen-bond acceptors (Lipinski definition) is 6. The Bertz CT molecular complexity index is 1720. The zero-order chi connectivity index (χ0) is 25.3. The number of H-pyrrole nitrogens is 2. The lowest BCUT2D eigenvalue weighted by Crippen LogP contribution is -2.30. The SMILES string of the molecule is c1ccc(COc2cncc(-c3cnc4[nH]nc(-c5cc6c(N7CCCCC7)nccc6[nH]5)c4c3)c2)cc1. The summed E-state index contributed by atoms with van der Waals surface area (Å²) in [5.74, 6) is 1.76. The Balaban J connectivity index is 1.22. The number of hydrogen-bond donors (Lipinski definition) is 2. The molecule has 7 rings (SSSR count). The Hall–Kier alpha value is -4.72. The second-order valence-corrected chi connectivity index (χ2v) is 9.70. The number of ether oxygens (including phenoxy) is 1. The average Bonchev–Trinajstić information content (AvgIpc) is 3.61. The molecule has 8 heteroatoms. The quantitative estimate of drug-likeness (QED) is 0.285. The molecule has 0 bridgehead atoms. The van der Waals surface area contributed by atoms with E-state index in [2.05, 4.69) is 42.2 Å². The molecule has 2 N–H and O–H groups in total. The fourth-order valence-electron chi connectivity index (χ4n) is 5.19. The lowest BCUT2D eigenvalue weighted by atomic mass is 10.1. The van der Waals surface area contributed by atoms with Gasteiger partial charge in [-0.2, -0.15) is 5.10 Å². The van der Waals surface area contributed by atoms with Crippen molar-refractivity contribution in [2.75, 3.05) is 18.0 Å². The predicted molar refractivity (Wildman–Crippen MR) is 149 cm³/mol. The van der Waals surface area contributed by atoms with Crippen LogP contribution in [0.15, 0.2) is 79.4 Å². The number of benzene rings is 1. The molecule has 0 spiro atoms. The van der Waals surface area contributed by atoms with Gasteiger partial charge in [0.2, 0.25) is 0 Å². The van der Waals surface area contributed by atoms with E-state index in [1.54, 1.807) is 6.20 Å². The van der Waals surface area contributed by atoms with Crippen LogP contribution in [-0.4, -0.2) is 43.2 Å². The van der Waals surface area contributed by atoms with Crippen molar-refractivity contribution in [1.82, 2.24) is 30.1 Å². The van der Waals surface area contributed by atoms with Gasteiger partial charge in [0.15, 0.2) is 5.65 Å². The first-order valence-electron chi connectivity index (χ1n) is 13.0. The Morgan fingerprint density at radius 2 is 1.71 bits per heavy atom. The Morgan fingerprint density at radius 3 is 2.61 bits per heavy atom. The van der Waals surface area contributed by atoms with E-state index < -0.39 is 0 Å². The molecule has 6 heterocycles. The molecular formula is C30H27N7O. The summed E-state index contributed by atoms with van der Waals surface area (Å²) in [6, 6.07) is 18.4. The van der Waals surface area contributed by atoms with Crippen molar-refractivity contribution < 1.29 is 4.74 Å². The number of rotatable bonds is 6. The summed E-state index contributed by atoms with van der Waals surface area (Å²) in [4.78, 5) is 19.7. The van der Waals surface area contributed by atoms with Crippen LogP contribution in [0.4, 0.5) is 5.82 Å². The second kappa shape index (κ2) is 9.63. The molecule has 1 aliphatic rings. The summed E-state index contributed by atoms with van der Waals surface area (Å²) < 4.78 is 6.00. The van der Waals surface area contributed by atoms with Crippen molar-refractivity contribution in [2.45, 2.75) is 25.9 Å². The third kappa shape index (κ3) is 4.24. The van der Waals surface area contributed by atoms with Gasteiger partial charge in [0.25, 0.3) is 0 Å². The summed E-state index contributed by atoms with van der Waals surface area (Å²) in [6.07, 6.45) is 11.0. The van der Waals surface area contributed by atoms with Crippen LogP contribution in [0.2, 0.25) is 0 Å². The maximum Gasteiger partial charge on any atom is 0.155 e. The van der Waals surface area contributed by atoms with Gasteiger partial charge >= 0.3 is 0 Å². The van der Waals surface area contributed by atoms with E-state index in [0.717, 1.165) is 68.9 Å². The number of nitrogens with one attached hydrogen (secondary N) is 2. The molecule has 188 valence electrons. The first-order valence-corrected chi connectivity index (χ1v) is 13.0. The van der Waals surface area contributed by atoms with Gasteiger partial charge < -0.3 is 14.6 Å². The lowest BCUT2D eigenvalue weighted by Gasteiger charge is -2.28. The smallest absolute Gasteiger partial charge is 0.155 e. The Kier molecular flexibility index (Phi) is 5.69. The standard InChI is InChI=1S/C30H27N7O/c1-3-7-20(8-4-1)19-38-23-13-21(16-31-18-23)22-14-25-28(35-36-29(25)33-17-22)27-15-24-26(34-27)9-10-32-30(24)37-11-5-2-6-12-37/h1,3-4,7-10,13-18,34H,2,5-6,11-12,19H2,(H,33,35,36). The van der Waals surface area contributed by atoms with Crippen molar-refractivity contribution in [3.8, 4) is 28.3 Å². The van der Waals surface area contributed by atoms with E-state index in [-0.39, 0.29) is 0 Å². The van der Waals surface area contributed by atoms with E-state index in [0.29, 0.717) is 12.4 Å². The van der Waals surface area contributed by atoms with Gasteiger partial charge in [0, 0.05) is 53.6 Å². The molecule has 0 saturated carbocycles. The van der Waals surface area contributed by atoms with Crippen molar-refractivity contribution in [1.29, 1.82) is 0 Å². The molecule has 8 nitrogen and oxygen atoms in total. The van der Waals surface area contributed by atoms with E-state index in [4.69, 9.17) is 9.72 Å². The fraction of sp³-hybridized carbons (Fsp3) is 0.200. The highest BCUT2D eigenvalue weighted by Gasteiger charge is 2.19. The van der Waals surface area contributed by atoms with Crippen molar-refractivity contribution in [2.24, 2.45) is 0 Å². The second-order valence-electron chi connectivity index (χ2n) is 9.70. The maximum atomic E-state index is 6.00. The minimum atomic E-state index is 0.490. The molecule has 38 heavy (non-hydrogen) atoms. The number of pyridine rings is 3. The molecule has 1 saturated heterocycles. The normalized spacial score (nSPS) is 13.8. The maximum absolute atomic E-state index is 6.00. The van der Waals surface area contributed by atoms with Gasteiger partial charge in [-0.1, -0.05) is 30.3 Å². The van der Waals surface area contributed by atoms with Crippen LogP contribution in [0.5, 0.6) is 5.75 Å². The van der Waals surface area contributed by atoms with Crippen LogP contribution in [0.25, 0.3) is 44.5 Å². The van der Waals surface area contributed by atoms with Gasteiger partial charge in [0.1, 0.15) is 23.9 Å². The van der Waals surface area contributed by atoms with E-state index in [1.807, 2.05) is 61.1 Å². The number of aromatic amines is 2. The summed E-state index contributed by atoms with van der Waals surface area (Å²) in [7, 11) is 0. The third-order valence-corrected chi connectivity index (χ3v) is 7.15. The molecule has 0 unspecified atom stereocenters. The molecule has 1 fully saturated rings. The van der Waals surface area contributed by atoms with Crippen LogP contribution >= 0.6 is 0 Å². The first-order chi connectivity index (χ1) is 18.8. The van der Waals surface area contributed by atoms with E-state index >= 15 is 0 Å². The molecule has 1 aromatic carbocycles. The minimum absolute atomic E-state index is 0.490. The highest BCUT2D eigenvalue weighted by atomic mass is 16.5. The van der Waals surface area contributed by atoms with Gasteiger partial charge in [0.05, 0.1) is 17.4 Å². The number of anilines is 1. The molecule has 0 amide bonds. The third-order valence-electron chi connectivity index (χ3n) is 7.15. The zero-order valence-electron chi connectivity index (χ0n) is 20.9. The summed E-state index contributed by atoms with van der Waals surface area (Å²) in [5.41, 5.74) is 6.56. The molecule has 5 aromatic heterocycles. The molecule has 1 aliphatic heterocycles. The largest absolute Gasteiger partial charge is 0.487 e. The lowest BCUT2D eigenvalue weighted by molar-refractivity contribution is 0.305. The van der Waals surface area contributed by atoms with Crippen LogP contribution in [-0.2, 0) is 6.61 Å². The van der Waals surface area contributed by atoms with Gasteiger partial charge in [-0.25, -0.2) is 9.97 Å². The predicted octanol–water partition coefficient (Wildman–Crippen LogP) is 6.13. The number of aromatic nitrogens is 6. The van der Waals surface area contributed by atoms with Crippen LogP contribution in [0.3, 0.4) is 0 Å². The monoisotopic (exact) mass is 501 g/mol. The minimum Gasteiger partial charge on any atom is -0.487 e. The molecule has 0 radical (unpaired) electrons. The van der Waals surface area contributed by atoms with E-state index in [1.165, 1.54) is 19.3 Å². The highest BCUT2D eigenvalue weighted by molar-refractivity contribution is 5.99. The Labute approximate surface area is 219 Å². The molecular weight excluding hydrogens is 474 g/mol. The highest BCUT2D eigenvalue weighted by Crippen LogP contribution is 2.34. The topological polar surface area (TPSA) is 95.6 Å². The number of piperidine rings is 1. The zero-order valence-corrected chi connectivity index (χ0v) is 20.9. The molecule has 0 atom stereocenters. The molecule has 6 aromatic rings. The van der Waals surface area contributed by atoms with Gasteiger partial charge in [-0.3, -0.25) is 10.1 Å². The summed E-state index contributed by atoms with van der Waals surface area (Å²) >= 11 is 0. The van der Waals surface area contributed by atoms with Crippen molar-refractivity contribution >= 4 is 27.8 Å². The fourth-order valence-corrected chi connectivity index (χ4v) is 5.19.